The van der Waals surface area contributed by atoms with Gasteiger partial charge < -0.3 is 19.6 Å². The second-order valence-corrected chi connectivity index (χ2v) is 3.68. The van der Waals surface area contributed by atoms with Crippen molar-refractivity contribution in [3.63, 3.8) is 0 Å². The molecular weight excluding hydrogens is 275 g/mol. The van der Waals surface area contributed by atoms with Crippen LogP contribution in [0.1, 0.15) is 0 Å². The van der Waals surface area contributed by atoms with Gasteiger partial charge in [0, 0.05) is 0 Å². The summed E-state index contributed by atoms with van der Waals surface area (Å²) < 4.78 is 22.2. The molecule has 0 aromatic rings. The fourth-order valence-electron chi connectivity index (χ4n) is 0.139. The van der Waals surface area contributed by atoms with Crippen molar-refractivity contribution in [1.29, 1.82) is 0 Å². The van der Waals surface area contributed by atoms with Crippen LogP contribution in [0.3, 0.4) is 0 Å². The van der Waals surface area contributed by atoms with E-state index < -0.39 is 15.6 Å². The molecule has 62 valence electrons. The minimum atomic E-state index is -5.05. The Bertz CT molecular complexity index is 160. The Kier molecular flexibility index (Phi) is 22.6. The summed E-state index contributed by atoms with van der Waals surface area (Å²) in [5.74, 6) is 0. The van der Waals surface area contributed by atoms with E-state index in [1.54, 1.807) is 0 Å². The van der Waals surface area contributed by atoms with Crippen molar-refractivity contribution in [1.82, 2.24) is 0 Å². The predicted molar refractivity (Wildman–Crippen MR) is 46.6 cm³/mol. The minimum absolute atomic E-state index is 0. The fourth-order valence-corrected chi connectivity index (χ4v) is 1.25. The standard InChI is InChI=1S/2K.Na.H4O7P2.3H/c;;;1-8(2,3)7-9(4,5)6;;;/h;;;(H2,1,2,3)(H2,4,5,6);;;. The zero-order valence-corrected chi connectivity index (χ0v) is 5.70. The summed E-state index contributed by atoms with van der Waals surface area (Å²) in [7, 11) is -10.1. The number of phosphoric acid groups is 2. The molecule has 0 amide bonds. The first-order valence-corrected chi connectivity index (χ1v) is 4.59. The van der Waals surface area contributed by atoms with Gasteiger partial charge in [0.15, 0.2) is 0 Å². The van der Waals surface area contributed by atoms with Gasteiger partial charge in [-0.15, -0.1) is 0 Å². The predicted octanol–water partition coefficient (Wildman–Crippen LogP) is -2.76. The zero-order valence-electron chi connectivity index (χ0n) is 3.91. The molecular formula is H7K2NaO7P2. The van der Waals surface area contributed by atoms with Crippen LogP contribution in [0.25, 0.3) is 0 Å². The second kappa shape index (κ2) is 10.7. The average Bonchev–Trinajstić information content (AvgIpc) is 1.14. The number of rotatable bonds is 2. The van der Waals surface area contributed by atoms with Crippen LogP contribution in [0.15, 0.2) is 0 Å². The maximum atomic E-state index is 9.63. The van der Waals surface area contributed by atoms with Crippen LogP contribution in [0.5, 0.6) is 0 Å². The first-order valence-electron chi connectivity index (χ1n) is 1.53. The Balaban J connectivity index is -0.000000107. The van der Waals surface area contributed by atoms with Crippen LogP contribution in [0.4, 0.5) is 0 Å². The quantitative estimate of drug-likeness (QED) is 0.319. The molecule has 0 aliphatic heterocycles. The Morgan fingerprint density at radius 3 is 1.00 bits per heavy atom. The molecule has 0 saturated heterocycles. The van der Waals surface area contributed by atoms with E-state index in [-0.39, 0.29) is 132 Å². The van der Waals surface area contributed by atoms with Gasteiger partial charge in [0.05, 0.1) is 0 Å². The van der Waals surface area contributed by atoms with Crippen molar-refractivity contribution in [2.45, 2.75) is 0 Å². The third-order valence-electron chi connectivity index (χ3n) is 0.213. The van der Waals surface area contributed by atoms with Crippen LogP contribution in [0.2, 0.25) is 0 Å². The zero-order chi connectivity index (χ0) is 7.71. The van der Waals surface area contributed by atoms with Crippen molar-refractivity contribution in [3.8, 4) is 0 Å². The van der Waals surface area contributed by atoms with Gasteiger partial charge in [0.2, 0.25) is 0 Å². The molecule has 12 heavy (non-hydrogen) atoms. The maximum absolute atomic E-state index is 9.63. The van der Waals surface area contributed by atoms with Crippen molar-refractivity contribution in [2.75, 3.05) is 0 Å². The molecule has 0 aromatic heterocycles. The fraction of sp³-hybridized carbons (Fsp3) is 0. The summed E-state index contributed by atoms with van der Waals surface area (Å²) in [4.78, 5) is 31.0. The number of hydrogen-bond acceptors (Lipinski definition) is 3. The van der Waals surface area contributed by atoms with E-state index in [0.717, 1.165) is 0 Å². The molecule has 0 aliphatic carbocycles. The summed E-state index contributed by atoms with van der Waals surface area (Å²) in [6.07, 6.45) is 0. The third-order valence-corrected chi connectivity index (χ3v) is 1.91. The molecule has 0 fully saturated rings. The van der Waals surface area contributed by atoms with Crippen LogP contribution < -0.4 is 0 Å². The van der Waals surface area contributed by atoms with Gasteiger partial charge in [-0.25, -0.2) is 9.13 Å². The molecule has 0 unspecified atom stereocenters. The monoisotopic (exact) mass is 282 g/mol. The summed E-state index contributed by atoms with van der Waals surface area (Å²) in [6.45, 7) is 0. The molecule has 0 aromatic carbocycles. The molecule has 0 saturated carbocycles. The van der Waals surface area contributed by atoms with Crippen molar-refractivity contribution >= 4 is 148 Å². The Labute approximate surface area is 176 Å². The molecule has 7 nitrogen and oxygen atoms in total. The molecule has 0 aliphatic rings. The molecule has 0 rings (SSSR count). The van der Waals surface area contributed by atoms with E-state index in [9.17, 15) is 9.13 Å². The Hall–Kier alpha value is 4.53. The summed E-state index contributed by atoms with van der Waals surface area (Å²) >= 11 is 0. The first-order chi connectivity index (χ1) is 3.71. The molecule has 0 radical (unpaired) electrons. The molecule has 0 atom stereocenters. The van der Waals surface area contributed by atoms with Gasteiger partial charge in [-0.1, -0.05) is 0 Å². The van der Waals surface area contributed by atoms with E-state index in [1.807, 2.05) is 0 Å². The Morgan fingerprint density at radius 2 is 1.00 bits per heavy atom. The van der Waals surface area contributed by atoms with E-state index >= 15 is 0 Å². The summed E-state index contributed by atoms with van der Waals surface area (Å²) in [5, 5.41) is 0. The molecule has 0 bridgehead atoms. The van der Waals surface area contributed by atoms with Gasteiger partial charge in [-0.05, 0) is 0 Å². The van der Waals surface area contributed by atoms with Gasteiger partial charge in [-0.2, -0.15) is 4.31 Å². The van der Waals surface area contributed by atoms with Gasteiger partial charge >= 0.3 is 148 Å². The third kappa shape index (κ3) is 24.0. The van der Waals surface area contributed by atoms with E-state index in [0.29, 0.717) is 0 Å². The van der Waals surface area contributed by atoms with Gasteiger partial charge in [0.25, 0.3) is 0 Å². The van der Waals surface area contributed by atoms with Gasteiger partial charge in [-0.3, -0.25) is 0 Å². The van der Waals surface area contributed by atoms with Crippen molar-refractivity contribution < 1.29 is 33.0 Å². The van der Waals surface area contributed by atoms with E-state index in [1.165, 1.54) is 0 Å². The van der Waals surface area contributed by atoms with Crippen LogP contribution in [-0.2, 0) is 13.4 Å². The van der Waals surface area contributed by atoms with Crippen molar-refractivity contribution in [3.05, 3.63) is 0 Å². The molecule has 0 heterocycles. The van der Waals surface area contributed by atoms with Crippen molar-refractivity contribution in [2.24, 2.45) is 0 Å². The second-order valence-electron chi connectivity index (χ2n) is 1.06. The number of hydrogen-bond donors (Lipinski definition) is 4. The SMILES string of the molecule is O=P(O)(O)OP(=O)(O)O.[KH].[KH].[NaH]. The first kappa shape index (κ1) is 25.4. The van der Waals surface area contributed by atoms with E-state index in [2.05, 4.69) is 4.31 Å². The van der Waals surface area contributed by atoms with Gasteiger partial charge in [0.1, 0.15) is 0 Å². The molecule has 4 N–H and O–H groups in total. The molecule has 0 spiro atoms. The summed E-state index contributed by atoms with van der Waals surface area (Å²) in [6, 6.07) is 0. The topological polar surface area (TPSA) is 124 Å². The summed E-state index contributed by atoms with van der Waals surface area (Å²) in [5.41, 5.74) is 0. The molecule has 12 heteroatoms. The Morgan fingerprint density at radius 1 is 0.833 bits per heavy atom. The normalized spacial score (nSPS) is 10.3. The van der Waals surface area contributed by atoms with Crippen LogP contribution >= 0.6 is 15.6 Å². The van der Waals surface area contributed by atoms with E-state index in [4.69, 9.17) is 19.6 Å². The van der Waals surface area contributed by atoms with Crippen LogP contribution in [0, 0.1) is 0 Å². The van der Waals surface area contributed by atoms with Crippen LogP contribution in [-0.4, -0.2) is 152 Å². The average molecular weight is 282 g/mol.